The first kappa shape index (κ1) is 8.75. The third kappa shape index (κ3) is 2.36. The monoisotopic (exact) mass is 177 g/mol. The van der Waals surface area contributed by atoms with Crippen molar-refractivity contribution in [1.82, 2.24) is 0 Å². The van der Waals surface area contributed by atoms with Crippen LogP contribution in [0.2, 0.25) is 0 Å². The molecule has 0 aromatic heterocycles. The standard InChI is InChI=1S/C7H15NS2/c1-2-6-3-7(4-8)10-5-9-6/h6-7H,2-5,8H2,1H3. The summed E-state index contributed by atoms with van der Waals surface area (Å²) in [6.07, 6.45) is 2.63. The summed E-state index contributed by atoms with van der Waals surface area (Å²) in [6.45, 7) is 3.13. The van der Waals surface area contributed by atoms with E-state index in [9.17, 15) is 0 Å². The van der Waals surface area contributed by atoms with Crippen molar-refractivity contribution in [3.8, 4) is 0 Å². The van der Waals surface area contributed by atoms with E-state index in [2.05, 4.69) is 18.7 Å². The second-order valence-corrected chi connectivity index (χ2v) is 5.52. The van der Waals surface area contributed by atoms with E-state index in [0.29, 0.717) is 0 Å². The second-order valence-electron chi connectivity index (χ2n) is 2.57. The summed E-state index contributed by atoms with van der Waals surface area (Å²) in [5, 5.41) is 2.88. The molecule has 0 bridgehead atoms. The summed E-state index contributed by atoms with van der Waals surface area (Å²) in [4.78, 5) is 0. The van der Waals surface area contributed by atoms with E-state index < -0.39 is 0 Å². The van der Waals surface area contributed by atoms with Gasteiger partial charge in [-0.1, -0.05) is 6.92 Å². The quantitative estimate of drug-likeness (QED) is 0.698. The number of rotatable bonds is 2. The summed E-state index contributed by atoms with van der Waals surface area (Å²) < 4.78 is 0. The highest BCUT2D eigenvalue weighted by Crippen LogP contribution is 2.34. The Morgan fingerprint density at radius 3 is 2.70 bits per heavy atom. The molecule has 1 saturated heterocycles. The third-order valence-electron chi connectivity index (χ3n) is 1.85. The van der Waals surface area contributed by atoms with Crippen molar-refractivity contribution in [2.45, 2.75) is 30.3 Å². The van der Waals surface area contributed by atoms with Gasteiger partial charge in [0.25, 0.3) is 0 Å². The van der Waals surface area contributed by atoms with Crippen molar-refractivity contribution in [3.63, 3.8) is 0 Å². The Hall–Kier alpha value is 0.660. The van der Waals surface area contributed by atoms with Crippen LogP contribution < -0.4 is 5.73 Å². The summed E-state index contributed by atoms with van der Waals surface area (Å²) in [5.74, 6) is 0. The fourth-order valence-electron chi connectivity index (χ4n) is 1.11. The van der Waals surface area contributed by atoms with Gasteiger partial charge in [-0.2, -0.15) is 0 Å². The van der Waals surface area contributed by atoms with Gasteiger partial charge in [0.1, 0.15) is 0 Å². The predicted octanol–water partition coefficient (Wildman–Crippen LogP) is 1.92. The van der Waals surface area contributed by atoms with Crippen LogP contribution in [-0.2, 0) is 0 Å². The molecule has 10 heavy (non-hydrogen) atoms. The molecule has 0 radical (unpaired) electrons. The van der Waals surface area contributed by atoms with Crippen LogP contribution >= 0.6 is 23.5 Å². The molecule has 1 nitrogen and oxygen atoms in total. The summed E-state index contributed by atoms with van der Waals surface area (Å²) in [5.41, 5.74) is 5.59. The largest absolute Gasteiger partial charge is 0.329 e. The lowest BCUT2D eigenvalue weighted by molar-refractivity contribution is 0.699. The van der Waals surface area contributed by atoms with E-state index in [0.717, 1.165) is 17.0 Å². The molecule has 0 saturated carbocycles. The molecular formula is C7H15NS2. The fraction of sp³-hybridized carbons (Fsp3) is 1.00. The van der Waals surface area contributed by atoms with Crippen LogP contribution in [0, 0.1) is 0 Å². The fourth-order valence-corrected chi connectivity index (χ4v) is 4.19. The number of nitrogens with two attached hydrogens (primary N) is 1. The first-order valence-corrected chi connectivity index (χ1v) is 5.89. The van der Waals surface area contributed by atoms with E-state index in [4.69, 9.17) is 5.73 Å². The van der Waals surface area contributed by atoms with E-state index in [1.807, 2.05) is 11.8 Å². The van der Waals surface area contributed by atoms with E-state index >= 15 is 0 Å². The topological polar surface area (TPSA) is 26.0 Å². The lowest BCUT2D eigenvalue weighted by atomic mass is 10.2. The first-order chi connectivity index (χ1) is 4.86. The summed E-state index contributed by atoms with van der Waals surface area (Å²) in [6, 6.07) is 0. The Balaban J connectivity index is 2.25. The average Bonchev–Trinajstić information content (AvgIpc) is 2.05. The molecule has 1 fully saturated rings. The molecule has 2 N–H and O–H groups in total. The van der Waals surface area contributed by atoms with Gasteiger partial charge in [0.05, 0.1) is 0 Å². The van der Waals surface area contributed by atoms with Gasteiger partial charge in [-0.25, -0.2) is 0 Å². The van der Waals surface area contributed by atoms with Crippen molar-refractivity contribution in [2.24, 2.45) is 5.73 Å². The van der Waals surface area contributed by atoms with E-state index in [-0.39, 0.29) is 0 Å². The van der Waals surface area contributed by atoms with Gasteiger partial charge in [-0.05, 0) is 12.8 Å². The molecule has 1 aliphatic rings. The minimum atomic E-state index is 0.742. The Morgan fingerprint density at radius 1 is 1.40 bits per heavy atom. The Morgan fingerprint density at radius 2 is 2.10 bits per heavy atom. The van der Waals surface area contributed by atoms with Crippen molar-refractivity contribution >= 4 is 23.5 Å². The summed E-state index contributed by atoms with van der Waals surface area (Å²) >= 11 is 4.11. The molecule has 0 aromatic rings. The second kappa shape index (κ2) is 4.52. The average molecular weight is 177 g/mol. The van der Waals surface area contributed by atoms with Gasteiger partial charge >= 0.3 is 0 Å². The van der Waals surface area contributed by atoms with Crippen LogP contribution in [-0.4, -0.2) is 22.1 Å². The zero-order valence-electron chi connectivity index (χ0n) is 6.38. The molecule has 0 aromatic carbocycles. The van der Waals surface area contributed by atoms with Crippen LogP contribution in [0.3, 0.4) is 0 Å². The van der Waals surface area contributed by atoms with Crippen LogP contribution in [0.15, 0.2) is 0 Å². The van der Waals surface area contributed by atoms with E-state index in [1.165, 1.54) is 17.9 Å². The van der Waals surface area contributed by atoms with Crippen molar-refractivity contribution in [3.05, 3.63) is 0 Å². The minimum Gasteiger partial charge on any atom is -0.329 e. The lowest BCUT2D eigenvalue weighted by Crippen LogP contribution is -2.25. The Labute approximate surface area is 71.5 Å². The molecule has 0 spiro atoms. The zero-order chi connectivity index (χ0) is 7.40. The summed E-state index contributed by atoms with van der Waals surface area (Å²) in [7, 11) is 0. The SMILES string of the molecule is CCC1CC(CN)SCS1. The molecular weight excluding hydrogens is 162 g/mol. The number of hydrogen-bond acceptors (Lipinski definition) is 3. The maximum Gasteiger partial charge on any atom is 0.0398 e. The number of hydrogen-bond donors (Lipinski definition) is 1. The molecule has 0 amide bonds. The normalized spacial score (nSPS) is 34.2. The van der Waals surface area contributed by atoms with Crippen LogP contribution in [0.4, 0.5) is 0 Å². The maximum absolute atomic E-state index is 5.59. The third-order valence-corrected chi connectivity index (χ3v) is 4.79. The Bertz CT molecular complexity index is 87.6. The van der Waals surface area contributed by atoms with Crippen LogP contribution in [0.1, 0.15) is 19.8 Å². The first-order valence-electron chi connectivity index (χ1n) is 3.80. The highest BCUT2D eigenvalue weighted by atomic mass is 32.2. The van der Waals surface area contributed by atoms with Gasteiger partial charge in [0.15, 0.2) is 0 Å². The van der Waals surface area contributed by atoms with Crippen molar-refractivity contribution < 1.29 is 0 Å². The Kier molecular flexibility index (Phi) is 3.96. The number of thioether (sulfide) groups is 2. The van der Waals surface area contributed by atoms with Gasteiger partial charge in [0, 0.05) is 22.1 Å². The zero-order valence-corrected chi connectivity index (χ0v) is 8.01. The molecule has 60 valence electrons. The van der Waals surface area contributed by atoms with Crippen LogP contribution in [0.25, 0.3) is 0 Å². The lowest BCUT2D eigenvalue weighted by Gasteiger charge is -2.26. The molecule has 0 aliphatic carbocycles. The van der Waals surface area contributed by atoms with E-state index in [1.54, 1.807) is 0 Å². The highest BCUT2D eigenvalue weighted by Gasteiger charge is 2.19. The molecule has 3 heteroatoms. The van der Waals surface area contributed by atoms with Gasteiger partial charge < -0.3 is 5.73 Å². The highest BCUT2D eigenvalue weighted by molar-refractivity contribution is 8.17. The molecule has 1 aliphatic heterocycles. The smallest absolute Gasteiger partial charge is 0.0398 e. The molecule has 1 rings (SSSR count). The van der Waals surface area contributed by atoms with Crippen molar-refractivity contribution in [1.29, 1.82) is 0 Å². The van der Waals surface area contributed by atoms with Crippen molar-refractivity contribution in [2.75, 3.05) is 11.6 Å². The van der Waals surface area contributed by atoms with Gasteiger partial charge in [-0.15, -0.1) is 23.5 Å². The minimum absolute atomic E-state index is 0.742. The maximum atomic E-state index is 5.59. The molecule has 2 unspecified atom stereocenters. The molecule has 2 atom stereocenters. The van der Waals surface area contributed by atoms with Gasteiger partial charge in [0.2, 0.25) is 0 Å². The van der Waals surface area contributed by atoms with Gasteiger partial charge in [-0.3, -0.25) is 0 Å². The molecule has 1 heterocycles. The van der Waals surface area contributed by atoms with Crippen LogP contribution in [0.5, 0.6) is 0 Å². The predicted molar refractivity (Wildman–Crippen MR) is 51.6 cm³/mol.